The number of alkyl halides is 2. The number of carbonyl (C=O) groups excluding carboxylic acids is 1. The molecule has 1 unspecified atom stereocenters. The predicted octanol–water partition coefficient (Wildman–Crippen LogP) is 1.33. The van der Waals surface area contributed by atoms with Crippen LogP contribution in [0.5, 0.6) is 0 Å². The average Bonchev–Trinajstić information content (AvgIpc) is 2.81. The van der Waals surface area contributed by atoms with Crippen molar-refractivity contribution in [3.8, 4) is 0 Å². The van der Waals surface area contributed by atoms with Crippen molar-refractivity contribution in [1.29, 1.82) is 0 Å². The number of hydrogen-bond donors (Lipinski definition) is 0. The van der Waals surface area contributed by atoms with Crippen LogP contribution in [-0.2, 0) is 21.2 Å². The molecule has 0 bridgehead atoms. The number of amides is 1. The number of rotatable bonds is 5. The molecule has 1 atom stereocenters. The summed E-state index contributed by atoms with van der Waals surface area (Å²) in [6.45, 7) is -0.229. The first-order valence-corrected chi connectivity index (χ1v) is 7.88. The van der Waals surface area contributed by atoms with Crippen molar-refractivity contribution >= 4 is 21.4 Å². The van der Waals surface area contributed by atoms with E-state index in [4.69, 9.17) is 0 Å². The maximum Gasteiger partial charge on any atom is 0.337 e. The van der Waals surface area contributed by atoms with Crippen molar-refractivity contribution in [2.45, 2.75) is 24.0 Å². The molecule has 0 spiro atoms. The van der Waals surface area contributed by atoms with Gasteiger partial charge in [-0.15, -0.1) is 0 Å². The molecule has 1 fully saturated rings. The Kier molecular flexibility index (Phi) is 4.40. The topological polar surface area (TPSA) is 97.6 Å². The summed E-state index contributed by atoms with van der Waals surface area (Å²) in [5.74, 6) is -4.56. The Bertz CT molecular complexity index is 707. The number of nitro groups is 1. The van der Waals surface area contributed by atoms with E-state index in [0.717, 1.165) is 4.90 Å². The van der Waals surface area contributed by atoms with Crippen LogP contribution in [0.15, 0.2) is 24.3 Å². The molecule has 120 valence electrons. The zero-order valence-electron chi connectivity index (χ0n) is 11.2. The Labute approximate surface area is 124 Å². The van der Waals surface area contributed by atoms with Crippen molar-refractivity contribution in [2.24, 2.45) is 0 Å². The third-order valence-electron chi connectivity index (χ3n) is 3.44. The number of benzene rings is 1. The maximum atomic E-state index is 12.5. The van der Waals surface area contributed by atoms with E-state index in [9.17, 15) is 32.1 Å². The van der Waals surface area contributed by atoms with Gasteiger partial charge in [0.1, 0.15) is 5.25 Å². The molecule has 1 saturated heterocycles. The first kappa shape index (κ1) is 16.3. The fraction of sp³-hybridized carbons (Fsp3) is 0.417. The van der Waals surface area contributed by atoms with E-state index in [1.807, 2.05) is 0 Å². The van der Waals surface area contributed by atoms with E-state index in [2.05, 4.69) is 0 Å². The van der Waals surface area contributed by atoms with Gasteiger partial charge in [0.25, 0.3) is 5.69 Å². The summed E-state index contributed by atoms with van der Waals surface area (Å²) in [6, 6.07) is 5.68. The number of para-hydroxylation sites is 1. The molecule has 7 nitrogen and oxygen atoms in total. The fourth-order valence-electron chi connectivity index (χ4n) is 2.32. The van der Waals surface area contributed by atoms with Crippen LogP contribution in [-0.4, -0.2) is 41.7 Å². The normalized spacial score (nSPS) is 19.0. The van der Waals surface area contributed by atoms with E-state index in [-0.39, 0.29) is 30.8 Å². The number of likely N-dealkylation sites (tertiary alicyclic amines) is 1. The van der Waals surface area contributed by atoms with Gasteiger partial charge < -0.3 is 4.90 Å². The van der Waals surface area contributed by atoms with E-state index in [0.29, 0.717) is 0 Å². The van der Waals surface area contributed by atoms with Gasteiger partial charge in [0, 0.05) is 18.2 Å². The number of nitro benzene ring substituents is 1. The Morgan fingerprint density at radius 1 is 1.36 bits per heavy atom. The van der Waals surface area contributed by atoms with Crippen molar-refractivity contribution in [3.63, 3.8) is 0 Å². The molecule has 0 saturated carbocycles. The van der Waals surface area contributed by atoms with Gasteiger partial charge in [-0.05, 0) is 6.42 Å². The van der Waals surface area contributed by atoms with Gasteiger partial charge in [-0.3, -0.25) is 14.9 Å². The maximum absolute atomic E-state index is 12.5. The van der Waals surface area contributed by atoms with Crippen molar-refractivity contribution in [1.82, 2.24) is 4.90 Å². The highest BCUT2D eigenvalue weighted by Crippen LogP contribution is 2.27. The van der Waals surface area contributed by atoms with Crippen molar-refractivity contribution in [2.75, 3.05) is 6.54 Å². The zero-order chi connectivity index (χ0) is 16.5. The van der Waals surface area contributed by atoms with Gasteiger partial charge in [-0.2, -0.15) is 8.78 Å². The molecular weight excluding hydrogens is 322 g/mol. The molecule has 1 aromatic rings. The molecule has 0 aliphatic carbocycles. The lowest BCUT2D eigenvalue weighted by molar-refractivity contribution is -0.385. The molecule has 10 heteroatoms. The molecule has 0 N–H and O–H groups in total. The Hall–Kier alpha value is -2.10. The monoisotopic (exact) mass is 334 g/mol. The lowest BCUT2D eigenvalue weighted by Gasteiger charge is -2.16. The van der Waals surface area contributed by atoms with E-state index in [1.54, 1.807) is 0 Å². The number of hydrogen-bond acceptors (Lipinski definition) is 5. The summed E-state index contributed by atoms with van der Waals surface area (Å²) in [4.78, 5) is 23.3. The SMILES string of the molecule is O=C1C(S(=O)(=O)C(F)F)CCN1Cc1ccccc1[N+](=O)[O-]. The number of carbonyl (C=O) groups is 1. The van der Waals surface area contributed by atoms with Crippen LogP contribution in [0.1, 0.15) is 12.0 Å². The molecule has 1 amide bonds. The van der Waals surface area contributed by atoms with Crippen LogP contribution in [0.3, 0.4) is 0 Å². The standard InChI is InChI=1S/C12H12F2N2O5S/c13-12(14)22(20,21)10-5-6-15(11(10)17)7-8-3-1-2-4-9(8)16(18)19/h1-4,10,12H,5-7H2. The third kappa shape index (κ3) is 2.91. The minimum absolute atomic E-state index is 0.0402. The van der Waals surface area contributed by atoms with Crippen LogP contribution >= 0.6 is 0 Å². The summed E-state index contributed by atoms with van der Waals surface area (Å²) < 4.78 is 47.8. The summed E-state index contributed by atoms with van der Waals surface area (Å²) >= 11 is 0. The van der Waals surface area contributed by atoms with Crippen molar-refractivity contribution < 1.29 is 26.9 Å². The summed E-state index contributed by atoms with van der Waals surface area (Å²) in [6.07, 6.45) is -0.244. The highest BCUT2D eigenvalue weighted by molar-refractivity contribution is 7.93. The molecular formula is C12H12F2N2O5S. The van der Waals surface area contributed by atoms with Gasteiger partial charge in [0.2, 0.25) is 15.7 Å². The second-order valence-corrected chi connectivity index (χ2v) is 6.88. The van der Waals surface area contributed by atoms with Crippen LogP contribution in [0.25, 0.3) is 0 Å². The number of halogens is 2. The summed E-state index contributed by atoms with van der Waals surface area (Å²) in [5, 5.41) is 9.11. The Morgan fingerprint density at radius 3 is 2.59 bits per heavy atom. The lowest BCUT2D eigenvalue weighted by Crippen LogP contribution is -2.36. The quantitative estimate of drug-likeness (QED) is 0.598. The van der Waals surface area contributed by atoms with Crippen molar-refractivity contribution in [3.05, 3.63) is 39.9 Å². The second kappa shape index (κ2) is 5.95. The minimum Gasteiger partial charge on any atom is -0.337 e. The molecule has 22 heavy (non-hydrogen) atoms. The van der Waals surface area contributed by atoms with Gasteiger partial charge in [0.15, 0.2) is 0 Å². The van der Waals surface area contributed by atoms with Gasteiger partial charge in [-0.25, -0.2) is 8.42 Å². The molecule has 2 rings (SSSR count). The van der Waals surface area contributed by atoms with E-state index >= 15 is 0 Å². The van der Waals surface area contributed by atoms with Crippen LogP contribution in [0.2, 0.25) is 0 Å². The third-order valence-corrected chi connectivity index (χ3v) is 5.17. The predicted molar refractivity (Wildman–Crippen MR) is 71.8 cm³/mol. The van der Waals surface area contributed by atoms with Gasteiger partial charge in [-0.1, -0.05) is 18.2 Å². The second-order valence-electron chi connectivity index (χ2n) is 4.77. The van der Waals surface area contributed by atoms with Crippen LogP contribution in [0.4, 0.5) is 14.5 Å². The highest BCUT2D eigenvalue weighted by atomic mass is 32.2. The molecule has 1 heterocycles. The largest absolute Gasteiger partial charge is 0.337 e. The number of sulfone groups is 1. The smallest absolute Gasteiger partial charge is 0.337 e. The Morgan fingerprint density at radius 2 is 2.00 bits per heavy atom. The molecule has 1 aliphatic heterocycles. The fourth-order valence-corrected chi connectivity index (χ4v) is 3.44. The van der Waals surface area contributed by atoms with E-state index in [1.165, 1.54) is 24.3 Å². The first-order valence-electron chi connectivity index (χ1n) is 6.27. The lowest BCUT2D eigenvalue weighted by atomic mass is 10.1. The molecule has 1 aliphatic rings. The first-order chi connectivity index (χ1) is 10.2. The van der Waals surface area contributed by atoms with Gasteiger partial charge >= 0.3 is 5.76 Å². The Balaban J connectivity index is 2.21. The van der Waals surface area contributed by atoms with Crippen LogP contribution < -0.4 is 0 Å². The van der Waals surface area contributed by atoms with Crippen LogP contribution in [0, 0.1) is 10.1 Å². The minimum atomic E-state index is -4.84. The highest BCUT2D eigenvalue weighted by Gasteiger charge is 2.45. The van der Waals surface area contributed by atoms with E-state index < -0.39 is 31.7 Å². The van der Waals surface area contributed by atoms with Gasteiger partial charge in [0.05, 0.1) is 11.5 Å². The molecule has 1 aromatic carbocycles. The average molecular weight is 334 g/mol. The summed E-state index contributed by atoms with van der Waals surface area (Å²) in [5.41, 5.74) is 0.00594. The summed E-state index contributed by atoms with van der Waals surface area (Å²) in [7, 11) is -4.84. The number of nitrogens with zero attached hydrogens (tertiary/aromatic N) is 2. The molecule has 0 aromatic heterocycles. The molecule has 0 radical (unpaired) electrons. The zero-order valence-corrected chi connectivity index (χ0v) is 12.0.